The van der Waals surface area contributed by atoms with Crippen LogP contribution in [0.1, 0.15) is 31.5 Å². The van der Waals surface area contributed by atoms with E-state index in [4.69, 9.17) is 4.74 Å². The average Bonchev–Trinajstić information content (AvgIpc) is 3.32. The van der Waals surface area contributed by atoms with Gasteiger partial charge in [0.05, 0.1) is 7.11 Å². The Kier molecular flexibility index (Phi) is 3.45. The van der Waals surface area contributed by atoms with E-state index in [2.05, 4.69) is 25.3 Å². The minimum atomic E-state index is 0.482. The highest BCUT2D eigenvalue weighted by atomic mass is 16.5. The Hall–Kier alpha value is -2.24. The van der Waals surface area contributed by atoms with Gasteiger partial charge in [0, 0.05) is 30.9 Å². The molecule has 6 heteroatoms. The molecule has 1 N–H and O–H groups in total. The van der Waals surface area contributed by atoms with Crippen molar-refractivity contribution in [3.05, 3.63) is 24.3 Å². The van der Waals surface area contributed by atoms with E-state index in [9.17, 15) is 0 Å². The van der Waals surface area contributed by atoms with Gasteiger partial charge < -0.3 is 10.1 Å². The maximum Gasteiger partial charge on any atom is 0.241 e. The minimum Gasteiger partial charge on any atom is -0.479 e. The summed E-state index contributed by atoms with van der Waals surface area (Å²) in [7, 11) is 1.59. The van der Waals surface area contributed by atoms with Gasteiger partial charge in [0.2, 0.25) is 5.88 Å². The Balaban J connectivity index is 2.07. The molecule has 0 saturated heterocycles. The SMILES string of the molecule is CCNc1cc(-c2nccnc2OC)nc(C2CC2)n1. The number of methoxy groups -OCH3 is 1. The highest BCUT2D eigenvalue weighted by molar-refractivity contribution is 5.63. The van der Waals surface area contributed by atoms with Crippen molar-refractivity contribution in [1.82, 2.24) is 19.9 Å². The Morgan fingerprint density at radius 3 is 2.75 bits per heavy atom. The molecule has 6 nitrogen and oxygen atoms in total. The summed E-state index contributed by atoms with van der Waals surface area (Å²) in [6.45, 7) is 2.86. The number of nitrogens with zero attached hydrogens (tertiary/aromatic N) is 4. The Morgan fingerprint density at radius 1 is 1.25 bits per heavy atom. The van der Waals surface area contributed by atoms with Gasteiger partial charge in [-0.15, -0.1) is 0 Å². The predicted molar refractivity (Wildman–Crippen MR) is 75.7 cm³/mol. The van der Waals surface area contributed by atoms with Crippen LogP contribution in [0.15, 0.2) is 18.5 Å². The van der Waals surface area contributed by atoms with E-state index in [1.165, 1.54) is 0 Å². The van der Waals surface area contributed by atoms with Gasteiger partial charge in [-0.3, -0.25) is 0 Å². The molecule has 0 bridgehead atoms. The fourth-order valence-corrected chi connectivity index (χ4v) is 2.03. The van der Waals surface area contributed by atoms with Crippen LogP contribution < -0.4 is 10.1 Å². The largest absolute Gasteiger partial charge is 0.479 e. The van der Waals surface area contributed by atoms with E-state index < -0.39 is 0 Å². The standard InChI is InChI=1S/C14H17N5O/c1-3-15-11-8-10(18-13(19-11)9-4-5-9)12-14(20-2)17-7-6-16-12/h6-9H,3-5H2,1-2H3,(H,15,18,19). The average molecular weight is 271 g/mol. The van der Waals surface area contributed by atoms with Gasteiger partial charge in [-0.25, -0.2) is 19.9 Å². The maximum absolute atomic E-state index is 5.26. The molecule has 104 valence electrons. The van der Waals surface area contributed by atoms with Crippen LogP contribution >= 0.6 is 0 Å². The number of hydrogen-bond acceptors (Lipinski definition) is 6. The van der Waals surface area contributed by atoms with Gasteiger partial charge in [0.1, 0.15) is 17.3 Å². The summed E-state index contributed by atoms with van der Waals surface area (Å²) >= 11 is 0. The zero-order chi connectivity index (χ0) is 13.9. The summed E-state index contributed by atoms with van der Waals surface area (Å²) in [6, 6.07) is 1.89. The summed E-state index contributed by atoms with van der Waals surface area (Å²) in [6.07, 6.45) is 5.57. The third kappa shape index (κ3) is 2.54. The molecule has 1 aliphatic carbocycles. The van der Waals surface area contributed by atoms with Crippen molar-refractivity contribution in [2.75, 3.05) is 19.0 Å². The molecular formula is C14H17N5O. The van der Waals surface area contributed by atoms with Gasteiger partial charge in [-0.1, -0.05) is 0 Å². The third-order valence-electron chi connectivity index (χ3n) is 3.14. The van der Waals surface area contributed by atoms with Gasteiger partial charge in [-0.2, -0.15) is 0 Å². The Labute approximate surface area is 117 Å². The van der Waals surface area contributed by atoms with Crippen LogP contribution in [-0.2, 0) is 0 Å². The van der Waals surface area contributed by atoms with Crippen LogP contribution in [-0.4, -0.2) is 33.6 Å². The number of aromatic nitrogens is 4. The molecule has 0 aromatic carbocycles. The number of anilines is 1. The highest BCUT2D eigenvalue weighted by Gasteiger charge is 2.28. The van der Waals surface area contributed by atoms with Crippen LogP contribution in [0.5, 0.6) is 5.88 Å². The number of nitrogens with one attached hydrogen (secondary N) is 1. The Bertz CT molecular complexity index is 612. The summed E-state index contributed by atoms with van der Waals surface area (Å²) in [5.41, 5.74) is 1.40. The van der Waals surface area contributed by atoms with Crippen LogP contribution in [0, 0.1) is 0 Å². The lowest BCUT2D eigenvalue weighted by molar-refractivity contribution is 0.397. The molecule has 0 radical (unpaired) electrons. The van der Waals surface area contributed by atoms with Crippen molar-refractivity contribution in [2.24, 2.45) is 0 Å². The Morgan fingerprint density at radius 2 is 2.05 bits per heavy atom. The van der Waals surface area contributed by atoms with Crippen molar-refractivity contribution >= 4 is 5.82 Å². The van der Waals surface area contributed by atoms with Gasteiger partial charge in [0.25, 0.3) is 0 Å². The minimum absolute atomic E-state index is 0.482. The molecule has 3 rings (SSSR count). The molecule has 1 aliphatic rings. The first-order valence-electron chi connectivity index (χ1n) is 6.80. The van der Waals surface area contributed by atoms with Crippen LogP contribution in [0.4, 0.5) is 5.82 Å². The summed E-state index contributed by atoms with van der Waals surface area (Å²) < 4.78 is 5.26. The van der Waals surface area contributed by atoms with E-state index >= 15 is 0 Å². The normalized spacial score (nSPS) is 14.1. The molecule has 2 aromatic heterocycles. The third-order valence-corrected chi connectivity index (χ3v) is 3.14. The fourth-order valence-electron chi connectivity index (χ4n) is 2.03. The predicted octanol–water partition coefficient (Wildman–Crippen LogP) is 2.25. The smallest absolute Gasteiger partial charge is 0.241 e. The quantitative estimate of drug-likeness (QED) is 0.899. The van der Waals surface area contributed by atoms with E-state index in [0.717, 1.165) is 36.7 Å². The van der Waals surface area contributed by atoms with E-state index in [0.29, 0.717) is 17.5 Å². The van der Waals surface area contributed by atoms with Crippen molar-refractivity contribution in [2.45, 2.75) is 25.7 Å². The first kappa shape index (κ1) is 12.8. The topological polar surface area (TPSA) is 72.8 Å². The molecule has 0 unspecified atom stereocenters. The van der Waals surface area contributed by atoms with E-state index in [1.807, 2.05) is 13.0 Å². The zero-order valence-electron chi connectivity index (χ0n) is 11.6. The van der Waals surface area contributed by atoms with Crippen LogP contribution in [0.3, 0.4) is 0 Å². The van der Waals surface area contributed by atoms with Crippen molar-refractivity contribution in [3.63, 3.8) is 0 Å². The van der Waals surface area contributed by atoms with Crippen molar-refractivity contribution < 1.29 is 4.74 Å². The second-order valence-corrected chi connectivity index (χ2v) is 4.72. The number of ether oxygens (including phenoxy) is 1. The molecule has 2 heterocycles. The maximum atomic E-state index is 5.26. The monoisotopic (exact) mass is 271 g/mol. The van der Waals surface area contributed by atoms with Gasteiger partial charge in [0.15, 0.2) is 5.69 Å². The molecular weight excluding hydrogens is 254 g/mol. The summed E-state index contributed by atoms with van der Waals surface area (Å²) in [5, 5.41) is 3.24. The van der Waals surface area contributed by atoms with Gasteiger partial charge >= 0.3 is 0 Å². The lowest BCUT2D eigenvalue weighted by atomic mass is 10.2. The van der Waals surface area contributed by atoms with Crippen LogP contribution in [0.25, 0.3) is 11.4 Å². The second kappa shape index (κ2) is 5.40. The lowest BCUT2D eigenvalue weighted by Gasteiger charge is -2.09. The first-order chi connectivity index (χ1) is 9.81. The highest BCUT2D eigenvalue weighted by Crippen LogP contribution is 2.39. The molecule has 2 aromatic rings. The molecule has 0 atom stereocenters. The van der Waals surface area contributed by atoms with E-state index in [1.54, 1.807) is 19.5 Å². The van der Waals surface area contributed by atoms with Gasteiger partial charge in [-0.05, 0) is 19.8 Å². The summed E-state index contributed by atoms with van der Waals surface area (Å²) in [4.78, 5) is 17.7. The van der Waals surface area contributed by atoms with E-state index in [-0.39, 0.29) is 0 Å². The fraction of sp³-hybridized carbons (Fsp3) is 0.429. The molecule has 20 heavy (non-hydrogen) atoms. The van der Waals surface area contributed by atoms with Crippen molar-refractivity contribution in [3.8, 4) is 17.3 Å². The molecule has 0 aliphatic heterocycles. The second-order valence-electron chi connectivity index (χ2n) is 4.72. The summed E-state index contributed by atoms with van der Waals surface area (Å²) in [5.74, 6) is 2.67. The zero-order valence-corrected chi connectivity index (χ0v) is 11.6. The molecule has 1 saturated carbocycles. The lowest BCUT2D eigenvalue weighted by Crippen LogP contribution is -2.05. The van der Waals surface area contributed by atoms with Crippen molar-refractivity contribution in [1.29, 1.82) is 0 Å². The number of hydrogen-bond donors (Lipinski definition) is 1. The van der Waals surface area contributed by atoms with Crippen LogP contribution in [0.2, 0.25) is 0 Å². The number of rotatable bonds is 5. The first-order valence-corrected chi connectivity index (χ1v) is 6.80. The molecule has 1 fully saturated rings. The molecule has 0 spiro atoms. The molecule has 0 amide bonds.